The fraction of sp³-hybridized carbons (Fsp3) is 0.857. The van der Waals surface area contributed by atoms with Gasteiger partial charge in [-0.15, -0.1) is 0 Å². The quantitative estimate of drug-likeness (QED) is 0.841. The number of rotatable bonds is 3. The Morgan fingerprint density at radius 2 is 1.95 bits per heavy atom. The van der Waals surface area contributed by atoms with Crippen molar-refractivity contribution < 1.29 is 14.7 Å². The summed E-state index contributed by atoms with van der Waals surface area (Å²) in [5.74, 6) is -0.824. The number of piperidine rings is 1. The van der Waals surface area contributed by atoms with Gasteiger partial charge in [0.25, 0.3) is 0 Å². The van der Waals surface area contributed by atoms with Crippen LogP contribution in [-0.2, 0) is 4.79 Å². The Bertz CT molecular complexity index is 375. The highest BCUT2D eigenvalue weighted by Gasteiger charge is 2.34. The van der Waals surface area contributed by atoms with Crippen molar-refractivity contribution in [3.05, 3.63) is 0 Å². The van der Waals surface area contributed by atoms with Gasteiger partial charge in [0.15, 0.2) is 0 Å². The first-order valence-electron chi connectivity index (χ1n) is 7.43. The van der Waals surface area contributed by atoms with E-state index in [-0.39, 0.29) is 24.5 Å². The third kappa shape index (κ3) is 3.42. The molecule has 0 saturated carbocycles. The summed E-state index contributed by atoms with van der Waals surface area (Å²) >= 11 is 0. The van der Waals surface area contributed by atoms with Gasteiger partial charge in [0.2, 0.25) is 0 Å². The number of hydrogen-bond donors (Lipinski definition) is 1. The Balaban J connectivity index is 1.96. The predicted molar refractivity (Wildman–Crippen MR) is 75.7 cm³/mol. The number of carbonyl (C=O) groups is 2. The minimum absolute atomic E-state index is 0.00551. The van der Waals surface area contributed by atoms with Gasteiger partial charge in [-0.25, -0.2) is 4.79 Å². The number of likely N-dealkylation sites (tertiary alicyclic amines) is 2. The standard InChI is InChI=1S/C14H25N3O3/c1-15-7-3-6-12(10-15)16(2)14(20)17-8-4-5-11(17)9-13(18)19/h11-12H,3-10H2,1-2H3,(H,18,19). The van der Waals surface area contributed by atoms with Gasteiger partial charge in [-0.05, 0) is 39.3 Å². The van der Waals surface area contributed by atoms with Crippen LogP contribution in [0.15, 0.2) is 0 Å². The molecule has 2 amide bonds. The Hall–Kier alpha value is -1.30. The highest BCUT2D eigenvalue weighted by molar-refractivity contribution is 5.76. The Morgan fingerprint density at radius 1 is 1.25 bits per heavy atom. The molecule has 2 heterocycles. The van der Waals surface area contributed by atoms with E-state index in [1.807, 2.05) is 11.9 Å². The summed E-state index contributed by atoms with van der Waals surface area (Å²) in [5, 5.41) is 8.94. The largest absolute Gasteiger partial charge is 0.481 e. The predicted octanol–water partition coefficient (Wildman–Crippen LogP) is 1.07. The molecule has 2 atom stereocenters. The molecule has 0 spiro atoms. The molecule has 2 fully saturated rings. The minimum Gasteiger partial charge on any atom is -0.481 e. The first kappa shape index (κ1) is 15.1. The summed E-state index contributed by atoms with van der Waals surface area (Å²) in [6, 6.07) is 0.102. The molecule has 20 heavy (non-hydrogen) atoms. The summed E-state index contributed by atoms with van der Waals surface area (Å²) in [7, 11) is 3.93. The van der Waals surface area contributed by atoms with Crippen molar-refractivity contribution in [1.82, 2.24) is 14.7 Å². The molecule has 0 radical (unpaired) electrons. The van der Waals surface area contributed by atoms with Crippen LogP contribution in [0.2, 0.25) is 0 Å². The Labute approximate surface area is 120 Å². The number of hydrogen-bond acceptors (Lipinski definition) is 3. The zero-order valence-electron chi connectivity index (χ0n) is 12.4. The van der Waals surface area contributed by atoms with Crippen LogP contribution in [0, 0.1) is 0 Å². The fourth-order valence-electron chi connectivity index (χ4n) is 3.32. The number of likely N-dealkylation sites (N-methyl/N-ethyl adjacent to an activating group) is 2. The van der Waals surface area contributed by atoms with Crippen molar-refractivity contribution in [2.45, 2.75) is 44.2 Å². The number of carbonyl (C=O) groups excluding carboxylic acids is 1. The van der Waals surface area contributed by atoms with Crippen molar-refractivity contribution in [3.8, 4) is 0 Å². The second-order valence-electron chi connectivity index (χ2n) is 6.04. The van der Waals surface area contributed by atoms with Gasteiger partial charge in [-0.2, -0.15) is 0 Å². The van der Waals surface area contributed by atoms with Gasteiger partial charge in [0, 0.05) is 32.2 Å². The molecule has 0 bridgehead atoms. The normalized spacial score (nSPS) is 27.6. The number of urea groups is 1. The van der Waals surface area contributed by atoms with Crippen molar-refractivity contribution in [1.29, 1.82) is 0 Å². The average molecular weight is 283 g/mol. The van der Waals surface area contributed by atoms with E-state index in [9.17, 15) is 9.59 Å². The number of carboxylic acids is 1. The first-order chi connectivity index (χ1) is 9.49. The molecule has 6 heteroatoms. The summed E-state index contributed by atoms with van der Waals surface area (Å²) in [6.45, 7) is 2.67. The molecule has 0 aromatic rings. The second-order valence-corrected chi connectivity index (χ2v) is 6.04. The summed E-state index contributed by atoms with van der Waals surface area (Å²) in [4.78, 5) is 29.3. The van der Waals surface area contributed by atoms with E-state index >= 15 is 0 Å². The molecule has 2 aliphatic rings. The van der Waals surface area contributed by atoms with E-state index in [1.54, 1.807) is 4.90 Å². The lowest BCUT2D eigenvalue weighted by Crippen LogP contribution is -2.52. The molecule has 2 saturated heterocycles. The maximum Gasteiger partial charge on any atom is 0.320 e. The summed E-state index contributed by atoms with van der Waals surface area (Å²) in [5.41, 5.74) is 0. The third-order valence-corrected chi connectivity index (χ3v) is 4.48. The van der Waals surface area contributed by atoms with Crippen LogP contribution in [0.4, 0.5) is 4.79 Å². The van der Waals surface area contributed by atoms with Crippen LogP contribution < -0.4 is 0 Å². The van der Waals surface area contributed by atoms with Crippen LogP contribution in [0.5, 0.6) is 0 Å². The molecule has 114 valence electrons. The average Bonchev–Trinajstić information content (AvgIpc) is 2.84. The highest BCUT2D eigenvalue weighted by atomic mass is 16.4. The molecular formula is C14H25N3O3. The molecule has 2 aliphatic heterocycles. The topological polar surface area (TPSA) is 64.1 Å². The van der Waals surface area contributed by atoms with Crippen molar-refractivity contribution in [2.75, 3.05) is 33.7 Å². The lowest BCUT2D eigenvalue weighted by Gasteiger charge is -2.38. The zero-order chi connectivity index (χ0) is 14.7. The van der Waals surface area contributed by atoms with E-state index in [0.29, 0.717) is 6.54 Å². The smallest absolute Gasteiger partial charge is 0.320 e. The Morgan fingerprint density at radius 3 is 2.60 bits per heavy atom. The van der Waals surface area contributed by atoms with E-state index in [0.717, 1.165) is 38.8 Å². The van der Waals surface area contributed by atoms with Crippen molar-refractivity contribution >= 4 is 12.0 Å². The number of amides is 2. The minimum atomic E-state index is -0.824. The molecule has 6 nitrogen and oxygen atoms in total. The first-order valence-corrected chi connectivity index (χ1v) is 7.43. The van der Waals surface area contributed by atoms with E-state index in [2.05, 4.69) is 11.9 Å². The van der Waals surface area contributed by atoms with Gasteiger partial charge in [0.05, 0.1) is 6.42 Å². The van der Waals surface area contributed by atoms with Crippen molar-refractivity contribution in [2.24, 2.45) is 0 Å². The fourth-order valence-corrected chi connectivity index (χ4v) is 3.32. The molecule has 2 rings (SSSR count). The lowest BCUT2D eigenvalue weighted by molar-refractivity contribution is -0.138. The van der Waals surface area contributed by atoms with Gasteiger partial charge in [-0.1, -0.05) is 0 Å². The van der Waals surface area contributed by atoms with Gasteiger partial charge >= 0.3 is 12.0 Å². The maximum atomic E-state index is 12.6. The zero-order valence-corrected chi connectivity index (χ0v) is 12.4. The van der Waals surface area contributed by atoms with Crippen LogP contribution in [0.25, 0.3) is 0 Å². The van der Waals surface area contributed by atoms with Crippen LogP contribution in [0.3, 0.4) is 0 Å². The third-order valence-electron chi connectivity index (χ3n) is 4.48. The molecule has 2 unspecified atom stereocenters. The molecule has 0 aliphatic carbocycles. The van der Waals surface area contributed by atoms with Gasteiger partial charge in [0.1, 0.15) is 0 Å². The monoisotopic (exact) mass is 283 g/mol. The van der Waals surface area contributed by atoms with Crippen LogP contribution in [0.1, 0.15) is 32.1 Å². The number of nitrogens with zero attached hydrogens (tertiary/aromatic N) is 3. The number of aliphatic carboxylic acids is 1. The van der Waals surface area contributed by atoms with Crippen LogP contribution in [-0.4, -0.2) is 77.6 Å². The van der Waals surface area contributed by atoms with Gasteiger partial charge in [-0.3, -0.25) is 4.79 Å². The van der Waals surface area contributed by atoms with E-state index in [4.69, 9.17) is 5.11 Å². The SMILES string of the molecule is CN1CCCC(N(C)C(=O)N2CCCC2CC(=O)O)C1. The molecule has 1 N–H and O–H groups in total. The second kappa shape index (κ2) is 6.43. The molecule has 0 aromatic heterocycles. The van der Waals surface area contributed by atoms with E-state index in [1.165, 1.54) is 0 Å². The summed E-state index contributed by atoms with van der Waals surface area (Å²) in [6.07, 6.45) is 3.91. The highest BCUT2D eigenvalue weighted by Crippen LogP contribution is 2.23. The molecule has 0 aromatic carbocycles. The van der Waals surface area contributed by atoms with Crippen LogP contribution >= 0.6 is 0 Å². The lowest BCUT2D eigenvalue weighted by atomic mass is 10.1. The maximum absolute atomic E-state index is 12.6. The molecular weight excluding hydrogens is 258 g/mol. The van der Waals surface area contributed by atoms with Crippen molar-refractivity contribution in [3.63, 3.8) is 0 Å². The Kier molecular flexibility index (Phi) is 4.86. The number of carboxylic acid groups (broad SMARTS) is 1. The van der Waals surface area contributed by atoms with Gasteiger partial charge < -0.3 is 19.8 Å². The van der Waals surface area contributed by atoms with E-state index < -0.39 is 5.97 Å². The summed E-state index contributed by atoms with van der Waals surface area (Å²) < 4.78 is 0.